The minimum absolute atomic E-state index is 0. The maximum absolute atomic E-state index is 13.8. The highest BCUT2D eigenvalue weighted by Crippen LogP contribution is 2.29. The van der Waals surface area contributed by atoms with Gasteiger partial charge in [-0.3, -0.25) is 4.99 Å². The molecular weight excluding hydrogens is 519 g/mol. The number of benzene rings is 2. The molecule has 0 saturated heterocycles. The molecule has 3 rings (SSSR count). The van der Waals surface area contributed by atoms with E-state index in [-0.39, 0.29) is 36.6 Å². The van der Waals surface area contributed by atoms with Crippen molar-refractivity contribution in [3.8, 4) is 5.75 Å². The number of nitrogens with zero attached hydrogens (tertiary/aromatic N) is 1. The van der Waals surface area contributed by atoms with Crippen LogP contribution in [-0.4, -0.2) is 26.3 Å². The fourth-order valence-electron chi connectivity index (χ4n) is 2.82. The summed E-state index contributed by atoms with van der Waals surface area (Å²) in [6, 6.07) is 8.30. The molecule has 0 bridgehead atoms. The third kappa shape index (κ3) is 6.10. The summed E-state index contributed by atoms with van der Waals surface area (Å²) in [4.78, 5) is 4.19. The number of halogens is 4. The lowest BCUT2D eigenvalue weighted by atomic mass is 10.1. The molecule has 1 aliphatic rings. The molecule has 0 aliphatic carbocycles. The van der Waals surface area contributed by atoms with E-state index < -0.39 is 0 Å². The van der Waals surface area contributed by atoms with Gasteiger partial charge in [0.1, 0.15) is 11.6 Å². The van der Waals surface area contributed by atoms with Gasteiger partial charge >= 0.3 is 0 Å². The molecule has 0 spiro atoms. The van der Waals surface area contributed by atoms with E-state index in [9.17, 15) is 4.39 Å². The first-order valence-corrected chi connectivity index (χ1v) is 9.22. The van der Waals surface area contributed by atoms with Crippen LogP contribution in [0.1, 0.15) is 16.7 Å². The normalized spacial score (nSPS) is 13.2. The van der Waals surface area contributed by atoms with E-state index in [1.807, 2.05) is 6.07 Å². The molecule has 152 valence electrons. The summed E-state index contributed by atoms with van der Waals surface area (Å²) in [5, 5.41) is 7.59. The van der Waals surface area contributed by atoms with Crippen molar-refractivity contribution in [3.63, 3.8) is 0 Å². The molecule has 28 heavy (non-hydrogen) atoms. The minimum atomic E-state index is -0.294. The van der Waals surface area contributed by atoms with E-state index >= 15 is 0 Å². The van der Waals surface area contributed by atoms with Crippen LogP contribution in [0.4, 0.5) is 4.39 Å². The van der Waals surface area contributed by atoms with Crippen molar-refractivity contribution < 1.29 is 13.9 Å². The van der Waals surface area contributed by atoms with Gasteiger partial charge in [-0.2, -0.15) is 0 Å². The molecule has 9 heteroatoms. The van der Waals surface area contributed by atoms with Gasteiger partial charge in [-0.1, -0.05) is 29.3 Å². The second-order valence-corrected chi connectivity index (χ2v) is 6.85. The van der Waals surface area contributed by atoms with Gasteiger partial charge in [-0.25, -0.2) is 4.39 Å². The molecule has 2 aromatic carbocycles. The molecule has 2 aromatic rings. The zero-order valence-electron chi connectivity index (χ0n) is 15.2. The molecule has 0 aromatic heterocycles. The highest BCUT2D eigenvalue weighted by molar-refractivity contribution is 14.0. The standard InChI is InChI=1S/C19H20Cl2FN3O2.HI/c1-23-19(25-9-13-2-3-15(20)8-17(13)21)24-5-4-12-6-16(22)7-14-10-26-11-27-18(12)14;/h2-3,6-8H,4-5,9-11H2,1H3,(H2,23,24,25);1H. The lowest BCUT2D eigenvalue weighted by Crippen LogP contribution is -2.38. The van der Waals surface area contributed by atoms with E-state index in [2.05, 4.69) is 15.6 Å². The summed E-state index contributed by atoms with van der Waals surface area (Å²) in [5.74, 6) is 1.04. The van der Waals surface area contributed by atoms with Crippen LogP contribution in [0, 0.1) is 5.82 Å². The summed E-state index contributed by atoms with van der Waals surface area (Å²) in [6.07, 6.45) is 0.586. The summed E-state index contributed by atoms with van der Waals surface area (Å²) >= 11 is 12.1. The van der Waals surface area contributed by atoms with Crippen molar-refractivity contribution in [2.24, 2.45) is 4.99 Å². The van der Waals surface area contributed by atoms with Crippen molar-refractivity contribution in [1.82, 2.24) is 10.6 Å². The number of nitrogens with one attached hydrogen (secondary N) is 2. The Morgan fingerprint density at radius 3 is 2.75 bits per heavy atom. The topological polar surface area (TPSA) is 54.9 Å². The first-order valence-electron chi connectivity index (χ1n) is 8.47. The molecule has 0 saturated carbocycles. The Balaban J connectivity index is 0.00000280. The van der Waals surface area contributed by atoms with Gasteiger partial charge in [0.2, 0.25) is 0 Å². The molecule has 0 radical (unpaired) electrons. The number of rotatable bonds is 5. The van der Waals surface area contributed by atoms with Crippen molar-refractivity contribution in [2.75, 3.05) is 20.4 Å². The predicted octanol–water partition coefficient (Wildman–Crippen LogP) is 4.52. The second kappa shape index (κ2) is 11.0. The van der Waals surface area contributed by atoms with E-state index in [1.54, 1.807) is 19.2 Å². The molecule has 5 nitrogen and oxygen atoms in total. The average Bonchev–Trinajstić information content (AvgIpc) is 2.65. The fraction of sp³-hybridized carbons (Fsp3) is 0.316. The highest BCUT2D eigenvalue weighted by atomic mass is 127. The summed E-state index contributed by atoms with van der Waals surface area (Å²) in [5.41, 5.74) is 2.45. The third-order valence-electron chi connectivity index (χ3n) is 4.12. The summed E-state index contributed by atoms with van der Waals surface area (Å²) in [7, 11) is 1.68. The van der Waals surface area contributed by atoms with Gasteiger partial charge < -0.3 is 20.1 Å². The molecule has 0 atom stereocenters. The second-order valence-electron chi connectivity index (χ2n) is 6.00. The Hall–Kier alpha value is -1.29. The first-order chi connectivity index (χ1) is 13.1. The summed E-state index contributed by atoms with van der Waals surface area (Å²) < 4.78 is 24.5. The lowest BCUT2D eigenvalue weighted by Gasteiger charge is -2.21. The zero-order chi connectivity index (χ0) is 19.2. The Morgan fingerprint density at radius 1 is 1.18 bits per heavy atom. The van der Waals surface area contributed by atoms with Crippen LogP contribution in [0.5, 0.6) is 5.75 Å². The number of ether oxygens (including phenoxy) is 2. The smallest absolute Gasteiger partial charge is 0.191 e. The fourth-order valence-corrected chi connectivity index (χ4v) is 3.30. The number of guanidine groups is 1. The van der Waals surface area contributed by atoms with E-state index in [1.165, 1.54) is 12.1 Å². The van der Waals surface area contributed by atoms with Crippen LogP contribution < -0.4 is 15.4 Å². The van der Waals surface area contributed by atoms with Crippen LogP contribution in [0.2, 0.25) is 10.0 Å². The number of fused-ring (bicyclic) bond motifs is 1. The largest absolute Gasteiger partial charge is 0.467 e. The van der Waals surface area contributed by atoms with Gasteiger partial charge in [0.25, 0.3) is 0 Å². The average molecular weight is 540 g/mol. The Kier molecular flexibility index (Phi) is 9.07. The van der Waals surface area contributed by atoms with E-state index in [0.717, 1.165) is 16.7 Å². The lowest BCUT2D eigenvalue weighted by molar-refractivity contribution is -0.0172. The van der Waals surface area contributed by atoms with Crippen molar-refractivity contribution in [3.05, 3.63) is 62.9 Å². The van der Waals surface area contributed by atoms with Crippen LogP contribution >= 0.6 is 47.2 Å². The van der Waals surface area contributed by atoms with Crippen molar-refractivity contribution >= 4 is 53.1 Å². The Labute approximate surface area is 190 Å². The molecule has 0 fully saturated rings. The van der Waals surface area contributed by atoms with Gasteiger partial charge in [-0.15, -0.1) is 24.0 Å². The molecule has 1 heterocycles. The highest BCUT2D eigenvalue weighted by Gasteiger charge is 2.16. The monoisotopic (exact) mass is 539 g/mol. The van der Waals surface area contributed by atoms with E-state index in [4.69, 9.17) is 32.7 Å². The predicted molar refractivity (Wildman–Crippen MR) is 120 cm³/mol. The summed E-state index contributed by atoms with van der Waals surface area (Å²) in [6.45, 7) is 1.61. The number of hydrogen-bond acceptors (Lipinski definition) is 3. The minimum Gasteiger partial charge on any atom is -0.467 e. The third-order valence-corrected chi connectivity index (χ3v) is 4.71. The van der Waals surface area contributed by atoms with Crippen LogP contribution in [0.3, 0.4) is 0 Å². The maximum Gasteiger partial charge on any atom is 0.191 e. The van der Waals surface area contributed by atoms with Crippen LogP contribution in [0.15, 0.2) is 35.3 Å². The number of hydrogen-bond donors (Lipinski definition) is 2. The quantitative estimate of drug-likeness (QED) is 0.333. The van der Waals surface area contributed by atoms with Crippen LogP contribution in [0.25, 0.3) is 0 Å². The van der Waals surface area contributed by atoms with Crippen molar-refractivity contribution in [2.45, 2.75) is 19.6 Å². The van der Waals surface area contributed by atoms with Gasteiger partial charge in [0.05, 0.1) is 6.61 Å². The SMILES string of the molecule is CN=C(NCCc1cc(F)cc2c1OCOC2)NCc1ccc(Cl)cc1Cl.I. The van der Waals surface area contributed by atoms with Crippen LogP contribution in [-0.2, 0) is 24.3 Å². The molecule has 0 amide bonds. The van der Waals surface area contributed by atoms with Gasteiger partial charge in [-0.05, 0) is 41.8 Å². The Morgan fingerprint density at radius 2 is 2.00 bits per heavy atom. The maximum atomic E-state index is 13.8. The number of aliphatic imine (C=N–C) groups is 1. The zero-order valence-corrected chi connectivity index (χ0v) is 19.1. The van der Waals surface area contributed by atoms with Gasteiger partial charge in [0, 0.05) is 35.7 Å². The van der Waals surface area contributed by atoms with Crippen molar-refractivity contribution in [1.29, 1.82) is 0 Å². The molecular formula is C19H21Cl2FIN3O2. The Bertz CT molecular complexity index is 852. The first kappa shape index (κ1) is 23.0. The van der Waals surface area contributed by atoms with Gasteiger partial charge in [0.15, 0.2) is 12.8 Å². The molecule has 0 unspecified atom stereocenters. The molecule has 1 aliphatic heterocycles. The molecule has 2 N–H and O–H groups in total. The van der Waals surface area contributed by atoms with E-state index in [0.29, 0.717) is 47.9 Å².